The van der Waals surface area contributed by atoms with Crippen LogP contribution in [-0.2, 0) is 11.3 Å². The number of halogens is 1. The zero-order valence-corrected chi connectivity index (χ0v) is 17.6. The molecule has 0 saturated heterocycles. The van der Waals surface area contributed by atoms with E-state index in [0.717, 1.165) is 5.56 Å². The molecule has 0 aliphatic carbocycles. The fourth-order valence-electron chi connectivity index (χ4n) is 3.21. The van der Waals surface area contributed by atoms with E-state index in [1.165, 1.54) is 15.3 Å². The molecule has 2 aromatic carbocycles. The summed E-state index contributed by atoms with van der Waals surface area (Å²) in [7, 11) is 3.12. The van der Waals surface area contributed by atoms with E-state index < -0.39 is 0 Å². The molecule has 31 heavy (non-hydrogen) atoms. The summed E-state index contributed by atoms with van der Waals surface area (Å²) in [5.41, 5.74) is 1.95. The molecule has 9 heteroatoms. The van der Waals surface area contributed by atoms with Crippen LogP contribution in [0.3, 0.4) is 0 Å². The molecule has 1 amide bonds. The molecule has 4 rings (SSSR count). The van der Waals surface area contributed by atoms with Crippen LogP contribution in [0.15, 0.2) is 65.7 Å². The summed E-state index contributed by atoms with van der Waals surface area (Å²) in [5, 5.41) is 7.71. The quantitative estimate of drug-likeness (QED) is 0.498. The molecule has 0 fully saturated rings. The number of aromatic nitrogens is 3. The lowest BCUT2D eigenvalue weighted by Crippen LogP contribution is -2.28. The van der Waals surface area contributed by atoms with Gasteiger partial charge in [-0.25, -0.2) is 4.52 Å². The smallest absolute Gasteiger partial charge is 0.277 e. The number of ether oxygens (including phenoxy) is 2. The van der Waals surface area contributed by atoms with E-state index in [-0.39, 0.29) is 18.0 Å². The van der Waals surface area contributed by atoms with Crippen molar-refractivity contribution in [2.75, 3.05) is 19.5 Å². The third-order valence-electron chi connectivity index (χ3n) is 4.71. The number of methoxy groups -OCH3 is 2. The first-order valence-electron chi connectivity index (χ1n) is 9.35. The molecule has 0 atom stereocenters. The predicted molar refractivity (Wildman–Crippen MR) is 118 cm³/mol. The Balaban J connectivity index is 1.61. The molecular formula is C22H19ClN4O4. The van der Waals surface area contributed by atoms with E-state index in [1.54, 1.807) is 62.9 Å². The number of nitrogens with one attached hydrogen (secondary N) is 1. The van der Waals surface area contributed by atoms with Crippen molar-refractivity contribution in [2.24, 2.45) is 0 Å². The number of carbonyl (C=O) groups excluding carboxylic acids is 1. The number of benzene rings is 2. The van der Waals surface area contributed by atoms with Crippen molar-refractivity contribution in [3.63, 3.8) is 0 Å². The number of hydrogen-bond donors (Lipinski definition) is 1. The van der Waals surface area contributed by atoms with Gasteiger partial charge in [0, 0.05) is 28.7 Å². The van der Waals surface area contributed by atoms with Gasteiger partial charge in [-0.05, 0) is 42.5 Å². The molecule has 0 spiro atoms. The molecule has 4 aromatic rings. The van der Waals surface area contributed by atoms with E-state index in [2.05, 4.69) is 10.4 Å². The molecule has 0 unspecified atom stereocenters. The van der Waals surface area contributed by atoms with Crippen molar-refractivity contribution < 1.29 is 14.3 Å². The summed E-state index contributed by atoms with van der Waals surface area (Å²) in [4.78, 5) is 25.3. The summed E-state index contributed by atoms with van der Waals surface area (Å²) >= 11 is 5.94. The maximum Gasteiger partial charge on any atom is 0.277 e. The lowest BCUT2D eigenvalue weighted by atomic mass is 10.1. The van der Waals surface area contributed by atoms with Gasteiger partial charge in [0.15, 0.2) is 11.5 Å². The Morgan fingerprint density at radius 1 is 1.06 bits per heavy atom. The lowest BCUT2D eigenvalue weighted by Gasteiger charge is -2.08. The first-order valence-corrected chi connectivity index (χ1v) is 9.73. The second kappa shape index (κ2) is 8.53. The highest BCUT2D eigenvalue weighted by atomic mass is 35.5. The number of hydrogen-bond acceptors (Lipinski definition) is 5. The lowest BCUT2D eigenvalue weighted by molar-refractivity contribution is -0.116. The number of anilines is 1. The molecule has 1 N–H and O–H groups in total. The second-order valence-electron chi connectivity index (χ2n) is 6.72. The van der Waals surface area contributed by atoms with Crippen molar-refractivity contribution in [3.05, 3.63) is 76.3 Å². The van der Waals surface area contributed by atoms with Gasteiger partial charge < -0.3 is 19.4 Å². The summed E-state index contributed by atoms with van der Waals surface area (Å²) < 4.78 is 13.4. The van der Waals surface area contributed by atoms with Gasteiger partial charge >= 0.3 is 0 Å². The first-order chi connectivity index (χ1) is 15.0. The molecule has 0 aliphatic heterocycles. The number of carbonyl (C=O) groups is 1. The van der Waals surface area contributed by atoms with Gasteiger partial charge in [-0.3, -0.25) is 9.59 Å². The molecule has 8 nitrogen and oxygen atoms in total. The minimum atomic E-state index is -0.339. The summed E-state index contributed by atoms with van der Waals surface area (Å²) in [6, 6.07) is 13.9. The number of fused-ring (bicyclic) bond motifs is 1. The monoisotopic (exact) mass is 438 g/mol. The molecule has 2 aromatic heterocycles. The van der Waals surface area contributed by atoms with Crippen molar-refractivity contribution in [2.45, 2.75) is 6.54 Å². The van der Waals surface area contributed by atoms with Crippen LogP contribution in [0.25, 0.3) is 16.8 Å². The zero-order chi connectivity index (χ0) is 22.0. The summed E-state index contributed by atoms with van der Waals surface area (Å²) in [6.07, 6.45) is 3.16. The summed E-state index contributed by atoms with van der Waals surface area (Å²) in [6.45, 7) is -0.140. The largest absolute Gasteiger partial charge is 0.493 e. The highest BCUT2D eigenvalue weighted by molar-refractivity contribution is 6.30. The topological polar surface area (TPSA) is 86.9 Å². The molecule has 0 radical (unpaired) electrons. The fraction of sp³-hybridized carbons (Fsp3) is 0.136. The number of rotatable bonds is 6. The average molecular weight is 439 g/mol. The predicted octanol–water partition coefficient (Wildman–Crippen LogP) is 3.47. The molecule has 2 heterocycles. The Bertz CT molecular complexity index is 1330. The molecule has 0 saturated carbocycles. The Morgan fingerprint density at radius 3 is 2.61 bits per heavy atom. The van der Waals surface area contributed by atoms with E-state index >= 15 is 0 Å². The standard InChI is InChI=1S/C22H19ClN4O4/c1-30-19-7-6-14(10-20(19)31-2)17-12-18-22(29)26(8-9-27(18)25-17)13-21(28)24-16-5-3-4-15(23)11-16/h3-12H,13H2,1-2H3,(H,24,28). The molecule has 158 valence electrons. The Hall–Kier alpha value is -3.78. The highest BCUT2D eigenvalue weighted by Crippen LogP contribution is 2.31. The third-order valence-corrected chi connectivity index (χ3v) is 4.94. The molecule has 0 bridgehead atoms. The van der Waals surface area contributed by atoms with E-state index in [1.807, 2.05) is 6.07 Å². The van der Waals surface area contributed by atoms with Crippen LogP contribution in [0.4, 0.5) is 5.69 Å². The van der Waals surface area contributed by atoms with Crippen LogP contribution in [0.5, 0.6) is 11.5 Å². The normalized spacial score (nSPS) is 10.8. The zero-order valence-electron chi connectivity index (χ0n) is 16.8. The van der Waals surface area contributed by atoms with E-state index in [4.69, 9.17) is 21.1 Å². The average Bonchev–Trinajstić information content (AvgIpc) is 3.20. The molecular weight excluding hydrogens is 420 g/mol. The van der Waals surface area contributed by atoms with Crippen LogP contribution < -0.4 is 20.3 Å². The fourth-order valence-corrected chi connectivity index (χ4v) is 3.40. The van der Waals surface area contributed by atoms with Crippen molar-refractivity contribution in [1.29, 1.82) is 0 Å². The van der Waals surface area contributed by atoms with E-state index in [0.29, 0.717) is 33.4 Å². The van der Waals surface area contributed by atoms with Gasteiger partial charge in [0.25, 0.3) is 5.56 Å². The van der Waals surface area contributed by atoms with Gasteiger partial charge in [0.2, 0.25) is 5.91 Å². The van der Waals surface area contributed by atoms with Gasteiger partial charge in [-0.1, -0.05) is 17.7 Å². The van der Waals surface area contributed by atoms with Crippen molar-refractivity contribution in [3.8, 4) is 22.8 Å². The van der Waals surface area contributed by atoms with Gasteiger partial charge in [0.1, 0.15) is 12.1 Å². The van der Waals surface area contributed by atoms with Gasteiger partial charge in [-0.15, -0.1) is 0 Å². The van der Waals surface area contributed by atoms with Gasteiger partial charge in [0.05, 0.1) is 19.9 Å². The molecule has 0 aliphatic rings. The maximum atomic E-state index is 12.9. The minimum Gasteiger partial charge on any atom is -0.493 e. The number of nitrogens with zero attached hydrogens (tertiary/aromatic N) is 3. The van der Waals surface area contributed by atoms with Crippen LogP contribution in [-0.4, -0.2) is 34.3 Å². The Labute approximate surface area is 182 Å². The SMILES string of the molecule is COc1ccc(-c2cc3c(=O)n(CC(=O)Nc4cccc(Cl)c4)ccn3n2)cc1OC. The first kappa shape index (κ1) is 20.5. The van der Waals surface area contributed by atoms with Crippen LogP contribution >= 0.6 is 11.6 Å². The summed E-state index contributed by atoms with van der Waals surface area (Å²) in [5.74, 6) is 0.823. The van der Waals surface area contributed by atoms with Crippen LogP contribution in [0.2, 0.25) is 5.02 Å². The van der Waals surface area contributed by atoms with Crippen molar-refractivity contribution >= 4 is 28.7 Å². The minimum absolute atomic E-state index is 0.140. The van der Waals surface area contributed by atoms with Crippen molar-refractivity contribution in [1.82, 2.24) is 14.2 Å². The highest BCUT2D eigenvalue weighted by Gasteiger charge is 2.13. The maximum absolute atomic E-state index is 12.9. The Kier molecular flexibility index (Phi) is 5.64. The van der Waals surface area contributed by atoms with Crippen LogP contribution in [0, 0.1) is 0 Å². The second-order valence-corrected chi connectivity index (χ2v) is 7.16. The van der Waals surface area contributed by atoms with Gasteiger partial charge in [-0.2, -0.15) is 5.10 Å². The number of amides is 1. The Morgan fingerprint density at radius 2 is 1.87 bits per heavy atom. The third kappa shape index (κ3) is 4.24. The van der Waals surface area contributed by atoms with Crippen LogP contribution in [0.1, 0.15) is 0 Å². The van der Waals surface area contributed by atoms with E-state index in [9.17, 15) is 9.59 Å².